The van der Waals surface area contributed by atoms with E-state index in [2.05, 4.69) is 4.98 Å². The molecule has 0 saturated carbocycles. The molecule has 0 aliphatic heterocycles. The van der Waals surface area contributed by atoms with Crippen LogP contribution >= 0.6 is 0 Å². The molecule has 0 amide bonds. The third-order valence-electron chi connectivity index (χ3n) is 2.90. The Hall–Kier alpha value is -2.56. The maximum absolute atomic E-state index is 12.2. The van der Waals surface area contributed by atoms with Crippen molar-refractivity contribution < 1.29 is 14.3 Å². The lowest BCUT2D eigenvalue weighted by Crippen LogP contribution is -2.40. The van der Waals surface area contributed by atoms with Crippen molar-refractivity contribution in [3.63, 3.8) is 0 Å². The maximum Gasteiger partial charge on any atom is 0.277 e. The zero-order valence-electron chi connectivity index (χ0n) is 9.51. The van der Waals surface area contributed by atoms with Crippen molar-refractivity contribution in [3.8, 4) is 0 Å². The molecular formula is C13H8N2O3. The van der Waals surface area contributed by atoms with Gasteiger partial charge in [0.05, 0.1) is 5.56 Å². The molecule has 2 aromatic heterocycles. The van der Waals surface area contributed by atoms with Crippen LogP contribution in [0.2, 0.25) is 0 Å². The van der Waals surface area contributed by atoms with Crippen molar-refractivity contribution in [1.82, 2.24) is 4.98 Å². The number of nitrogens with zero attached hydrogens (tertiary/aromatic N) is 2. The van der Waals surface area contributed by atoms with Crippen LogP contribution < -0.4 is 4.73 Å². The van der Waals surface area contributed by atoms with Gasteiger partial charge in [0.25, 0.3) is 11.5 Å². The van der Waals surface area contributed by atoms with Gasteiger partial charge in [-0.2, -0.15) is 4.73 Å². The van der Waals surface area contributed by atoms with Gasteiger partial charge in [0.1, 0.15) is 11.3 Å². The first-order valence-electron chi connectivity index (χ1n) is 5.38. The molecule has 0 fully saturated rings. The maximum atomic E-state index is 12.2. The van der Waals surface area contributed by atoms with Crippen molar-refractivity contribution in [3.05, 3.63) is 63.9 Å². The third-order valence-corrected chi connectivity index (χ3v) is 2.90. The smallest absolute Gasteiger partial charge is 0.277 e. The molecule has 0 bridgehead atoms. The first kappa shape index (κ1) is 10.6. The molecular weight excluding hydrogens is 232 g/mol. The van der Waals surface area contributed by atoms with Gasteiger partial charge in [0, 0.05) is 12.3 Å². The van der Waals surface area contributed by atoms with E-state index in [1.807, 2.05) is 0 Å². The van der Waals surface area contributed by atoms with Crippen molar-refractivity contribution in [1.29, 1.82) is 0 Å². The summed E-state index contributed by atoms with van der Waals surface area (Å²) < 4.78 is 0.417. The Bertz CT molecular complexity index is 703. The summed E-state index contributed by atoms with van der Waals surface area (Å²) in [5.41, 5.74) is 1.10. The highest BCUT2D eigenvalue weighted by Gasteiger charge is 2.36. The van der Waals surface area contributed by atoms with Crippen LogP contribution in [0.1, 0.15) is 37.7 Å². The molecule has 3 rings (SSSR count). The molecule has 2 heterocycles. The zero-order chi connectivity index (χ0) is 12.9. The van der Waals surface area contributed by atoms with Crippen molar-refractivity contribution in [2.75, 3.05) is 0 Å². The third kappa shape index (κ3) is 1.27. The van der Waals surface area contributed by atoms with Gasteiger partial charge in [-0.1, -0.05) is 0 Å². The summed E-state index contributed by atoms with van der Waals surface area (Å²) in [5, 5.41) is 11.6. The van der Waals surface area contributed by atoms with E-state index in [-0.39, 0.29) is 28.3 Å². The number of ketones is 2. The topological polar surface area (TPSA) is 74.0 Å². The fourth-order valence-corrected chi connectivity index (χ4v) is 2.08. The minimum atomic E-state index is -0.504. The zero-order valence-corrected chi connectivity index (χ0v) is 9.51. The average Bonchev–Trinajstić information content (AvgIpc) is 2.35. The Kier molecular flexibility index (Phi) is 2.04. The molecule has 0 atom stereocenters. The first-order valence-corrected chi connectivity index (χ1v) is 5.38. The van der Waals surface area contributed by atoms with Gasteiger partial charge in [-0.3, -0.25) is 14.6 Å². The van der Waals surface area contributed by atoms with Gasteiger partial charge >= 0.3 is 0 Å². The number of fused-ring (bicyclic) bond motifs is 2. The molecule has 18 heavy (non-hydrogen) atoms. The summed E-state index contributed by atoms with van der Waals surface area (Å²) >= 11 is 0. The van der Waals surface area contributed by atoms with Crippen molar-refractivity contribution in [2.45, 2.75) is 6.92 Å². The van der Waals surface area contributed by atoms with Crippen LogP contribution in [-0.4, -0.2) is 16.6 Å². The fourth-order valence-electron chi connectivity index (χ4n) is 2.08. The van der Waals surface area contributed by atoms with Gasteiger partial charge < -0.3 is 5.21 Å². The normalized spacial score (nSPS) is 13.2. The number of rotatable bonds is 0. The lowest BCUT2D eigenvalue weighted by Gasteiger charge is -2.15. The second-order valence-corrected chi connectivity index (χ2v) is 4.16. The minimum Gasteiger partial charge on any atom is -0.618 e. The minimum absolute atomic E-state index is 0.0499. The quantitative estimate of drug-likeness (QED) is 0.430. The number of pyridine rings is 2. The van der Waals surface area contributed by atoms with Crippen molar-refractivity contribution in [2.24, 2.45) is 0 Å². The number of hydrogen-bond acceptors (Lipinski definition) is 4. The van der Waals surface area contributed by atoms with Gasteiger partial charge in [-0.25, -0.2) is 0 Å². The molecule has 2 aromatic rings. The highest BCUT2D eigenvalue weighted by Crippen LogP contribution is 2.24. The predicted molar refractivity (Wildman–Crippen MR) is 61.2 cm³/mol. The Morgan fingerprint density at radius 1 is 1.22 bits per heavy atom. The van der Waals surface area contributed by atoms with Crippen molar-refractivity contribution >= 4 is 11.6 Å². The van der Waals surface area contributed by atoms with Crippen LogP contribution in [0, 0.1) is 12.1 Å². The molecule has 5 nitrogen and oxygen atoms in total. The Balaban J connectivity index is 2.35. The first-order chi connectivity index (χ1) is 8.59. The van der Waals surface area contributed by atoms with Gasteiger partial charge in [0.15, 0.2) is 6.20 Å². The average molecular weight is 240 g/mol. The van der Waals surface area contributed by atoms with Crippen LogP contribution in [0.4, 0.5) is 0 Å². The Morgan fingerprint density at radius 2 is 2.00 bits per heavy atom. The molecule has 0 saturated heterocycles. The second-order valence-electron chi connectivity index (χ2n) is 4.16. The molecule has 5 heteroatoms. The number of aryl methyl sites for hydroxylation is 1. The SMILES string of the molecule is Cc1cnc2c(c1)C(=O)c1ccc[n+]([O-])c1C2=O. The van der Waals surface area contributed by atoms with Crippen LogP contribution in [0.3, 0.4) is 0 Å². The summed E-state index contributed by atoms with van der Waals surface area (Å²) in [4.78, 5) is 28.3. The molecule has 1 aliphatic rings. The van der Waals surface area contributed by atoms with Crippen LogP contribution in [0.15, 0.2) is 30.6 Å². The van der Waals surface area contributed by atoms with E-state index < -0.39 is 5.78 Å². The number of carbonyl (C=O) groups excluding carboxylic acids is 2. The fraction of sp³-hybridized carbons (Fsp3) is 0.0769. The summed E-state index contributed by atoms with van der Waals surface area (Å²) in [6.45, 7) is 1.79. The monoisotopic (exact) mass is 240 g/mol. The molecule has 1 aliphatic carbocycles. The van der Waals surface area contributed by atoms with Crippen LogP contribution in [0.5, 0.6) is 0 Å². The van der Waals surface area contributed by atoms with Gasteiger partial charge in [-0.05, 0) is 24.6 Å². The van der Waals surface area contributed by atoms with Gasteiger partial charge in [0.2, 0.25) is 5.78 Å². The summed E-state index contributed by atoms with van der Waals surface area (Å²) in [5.74, 6) is -0.837. The largest absolute Gasteiger partial charge is 0.618 e. The second kappa shape index (κ2) is 3.46. The van der Waals surface area contributed by atoms with Crippen LogP contribution in [0.25, 0.3) is 0 Å². The molecule has 0 radical (unpaired) electrons. The molecule has 0 N–H and O–H groups in total. The molecule has 0 aromatic carbocycles. The van der Waals surface area contributed by atoms with E-state index in [1.54, 1.807) is 13.0 Å². The molecule has 0 unspecified atom stereocenters. The number of aromatic nitrogens is 2. The summed E-state index contributed by atoms with van der Waals surface area (Å²) in [7, 11) is 0. The van der Waals surface area contributed by atoms with Crippen LogP contribution in [-0.2, 0) is 0 Å². The predicted octanol–water partition coefficient (Wildman–Crippen LogP) is 0.799. The molecule has 0 spiro atoms. The summed E-state index contributed by atoms with van der Waals surface area (Å²) in [6.07, 6.45) is 2.70. The van der Waals surface area contributed by atoms with E-state index in [9.17, 15) is 14.8 Å². The highest BCUT2D eigenvalue weighted by atomic mass is 16.5. The van der Waals surface area contributed by atoms with E-state index >= 15 is 0 Å². The molecule has 88 valence electrons. The number of carbonyl (C=O) groups is 2. The Labute approximate surface area is 102 Å². The van der Waals surface area contributed by atoms with E-state index in [0.717, 1.165) is 5.56 Å². The highest BCUT2D eigenvalue weighted by molar-refractivity contribution is 6.26. The summed E-state index contributed by atoms with van der Waals surface area (Å²) in [6, 6.07) is 4.55. The standard InChI is InChI=1S/C13H8N2O3/c1-7-5-9-10(14-6-7)13(17)11-8(12(9)16)3-2-4-15(11)18/h2-6H,1H3. The Morgan fingerprint density at radius 3 is 2.78 bits per heavy atom. The van der Waals surface area contributed by atoms with E-state index in [4.69, 9.17) is 0 Å². The lowest BCUT2D eigenvalue weighted by molar-refractivity contribution is -0.607. The number of hydrogen-bond donors (Lipinski definition) is 0. The van der Waals surface area contributed by atoms with E-state index in [1.165, 1.54) is 24.5 Å². The van der Waals surface area contributed by atoms with E-state index in [0.29, 0.717) is 4.73 Å². The van der Waals surface area contributed by atoms with Gasteiger partial charge in [-0.15, -0.1) is 0 Å². The lowest BCUT2D eigenvalue weighted by atomic mass is 9.90.